The number of amides is 2. The first-order valence-corrected chi connectivity index (χ1v) is 10.9. The number of phenols is 1. The third-order valence-corrected chi connectivity index (χ3v) is 6.03. The third-order valence-electron chi connectivity index (χ3n) is 4.93. The number of halogens is 1. The number of phenolic OH excluding ortho intramolecular Hbond substituents is 1. The third kappa shape index (κ3) is 4.59. The number of anilines is 1. The number of aromatic hydroxyl groups is 1. The van der Waals surface area contributed by atoms with Gasteiger partial charge in [0.25, 0.3) is 11.1 Å². The summed E-state index contributed by atoms with van der Waals surface area (Å²) < 4.78 is 0. The molecule has 6 nitrogen and oxygen atoms in total. The Morgan fingerprint density at radius 1 is 0.938 bits per heavy atom. The van der Waals surface area contributed by atoms with E-state index in [4.69, 9.17) is 11.6 Å². The van der Waals surface area contributed by atoms with Gasteiger partial charge in [-0.3, -0.25) is 9.59 Å². The Labute approximate surface area is 194 Å². The lowest BCUT2D eigenvalue weighted by Gasteiger charge is -2.12. The zero-order chi connectivity index (χ0) is 22.8. The molecule has 2 amide bonds. The van der Waals surface area contributed by atoms with E-state index < -0.39 is 11.1 Å². The molecule has 1 N–H and O–H groups in total. The summed E-state index contributed by atoms with van der Waals surface area (Å²) in [6.07, 6.45) is 1.47. The van der Waals surface area contributed by atoms with Crippen molar-refractivity contribution in [1.29, 1.82) is 0 Å². The van der Waals surface area contributed by atoms with Crippen molar-refractivity contribution in [3.63, 3.8) is 0 Å². The monoisotopic (exact) mass is 463 g/mol. The van der Waals surface area contributed by atoms with Crippen molar-refractivity contribution in [3.8, 4) is 5.75 Å². The lowest BCUT2D eigenvalue weighted by Crippen LogP contribution is -2.27. The van der Waals surface area contributed by atoms with Crippen LogP contribution >= 0.6 is 23.4 Å². The molecule has 4 rings (SSSR count). The minimum absolute atomic E-state index is 0.0373. The molecule has 0 atom stereocenters. The van der Waals surface area contributed by atoms with Gasteiger partial charge in [-0.2, -0.15) is 10.2 Å². The normalized spacial score (nSPS) is 15.3. The van der Waals surface area contributed by atoms with E-state index in [0.717, 1.165) is 22.2 Å². The second-order valence-electron chi connectivity index (χ2n) is 7.21. The summed E-state index contributed by atoms with van der Waals surface area (Å²) in [4.78, 5) is 26.5. The number of carbonyl (C=O) groups is 2. The van der Waals surface area contributed by atoms with Crippen LogP contribution in [-0.4, -0.2) is 16.3 Å². The van der Waals surface area contributed by atoms with Gasteiger partial charge < -0.3 is 5.11 Å². The van der Waals surface area contributed by atoms with Crippen molar-refractivity contribution in [3.05, 3.63) is 87.3 Å². The molecular weight excluding hydrogens is 446 g/mol. The SMILES string of the molecule is Cc1ccc(N=Nc2ccc(O)c(/C=C3\SC(=O)N(c4cccc(Cl)c4)C3=O)c2)cc1C. The Hall–Kier alpha value is -3.42. The van der Waals surface area contributed by atoms with Crippen LogP contribution in [0.3, 0.4) is 0 Å². The molecule has 1 saturated heterocycles. The highest BCUT2D eigenvalue weighted by Gasteiger charge is 2.36. The first-order valence-electron chi connectivity index (χ1n) is 9.67. The lowest BCUT2D eigenvalue weighted by molar-refractivity contribution is -0.113. The molecule has 0 aliphatic carbocycles. The van der Waals surface area contributed by atoms with Crippen LogP contribution in [-0.2, 0) is 4.79 Å². The molecule has 1 aliphatic heterocycles. The number of imide groups is 1. The Balaban J connectivity index is 1.61. The maximum absolute atomic E-state index is 12.8. The van der Waals surface area contributed by atoms with E-state index in [1.165, 1.54) is 17.7 Å². The summed E-state index contributed by atoms with van der Waals surface area (Å²) in [7, 11) is 0. The van der Waals surface area contributed by atoms with Gasteiger partial charge in [0.05, 0.1) is 22.0 Å². The highest BCUT2D eigenvalue weighted by atomic mass is 35.5. The zero-order valence-electron chi connectivity index (χ0n) is 17.2. The summed E-state index contributed by atoms with van der Waals surface area (Å²) in [5.74, 6) is -0.520. The van der Waals surface area contributed by atoms with Crippen LogP contribution in [0.15, 0.2) is 75.8 Å². The van der Waals surface area contributed by atoms with Crippen molar-refractivity contribution in [2.45, 2.75) is 13.8 Å². The van der Waals surface area contributed by atoms with Gasteiger partial charge in [0.2, 0.25) is 0 Å². The van der Waals surface area contributed by atoms with Crippen LogP contribution in [0, 0.1) is 13.8 Å². The molecule has 32 heavy (non-hydrogen) atoms. The fraction of sp³-hybridized carbons (Fsp3) is 0.0833. The maximum Gasteiger partial charge on any atom is 0.298 e. The van der Waals surface area contributed by atoms with Crippen LogP contribution in [0.25, 0.3) is 6.08 Å². The van der Waals surface area contributed by atoms with Gasteiger partial charge in [0.1, 0.15) is 5.75 Å². The van der Waals surface area contributed by atoms with E-state index in [2.05, 4.69) is 10.2 Å². The molecule has 3 aromatic rings. The van der Waals surface area contributed by atoms with E-state index in [1.807, 2.05) is 32.0 Å². The molecule has 0 bridgehead atoms. The van der Waals surface area contributed by atoms with Gasteiger partial charge in [0, 0.05) is 10.6 Å². The van der Waals surface area contributed by atoms with E-state index in [1.54, 1.807) is 36.4 Å². The topological polar surface area (TPSA) is 82.3 Å². The van der Waals surface area contributed by atoms with Gasteiger partial charge in [-0.25, -0.2) is 4.90 Å². The quantitative estimate of drug-likeness (QED) is 0.324. The molecule has 1 aliphatic rings. The highest BCUT2D eigenvalue weighted by molar-refractivity contribution is 8.19. The van der Waals surface area contributed by atoms with E-state index in [-0.39, 0.29) is 10.7 Å². The molecule has 0 saturated carbocycles. The predicted octanol–water partition coefficient (Wildman–Crippen LogP) is 7.32. The second-order valence-corrected chi connectivity index (χ2v) is 8.64. The first-order chi connectivity index (χ1) is 15.3. The minimum atomic E-state index is -0.483. The van der Waals surface area contributed by atoms with Crippen molar-refractivity contribution in [2.24, 2.45) is 10.2 Å². The average molecular weight is 464 g/mol. The fourth-order valence-corrected chi connectivity index (χ4v) is 4.09. The molecule has 0 spiro atoms. The molecule has 0 unspecified atom stereocenters. The molecule has 1 fully saturated rings. The second kappa shape index (κ2) is 8.98. The van der Waals surface area contributed by atoms with Gasteiger partial charge >= 0.3 is 0 Å². The number of nitrogens with zero attached hydrogens (tertiary/aromatic N) is 3. The van der Waals surface area contributed by atoms with Crippen molar-refractivity contribution < 1.29 is 14.7 Å². The molecule has 0 radical (unpaired) electrons. The summed E-state index contributed by atoms with van der Waals surface area (Å²) in [5.41, 5.74) is 4.25. The molecule has 1 heterocycles. The van der Waals surface area contributed by atoms with E-state index in [0.29, 0.717) is 27.6 Å². The van der Waals surface area contributed by atoms with Crippen LogP contribution < -0.4 is 4.90 Å². The highest BCUT2D eigenvalue weighted by Crippen LogP contribution is 2.38. The fourth-order valence-electron chi connectivity index (χ4n) is 3.07. The maximum atomic E-state index is 12.8. The van der Waals surface area contributed by atoms with Gasteiger partial charge in [-0.05, 0) is 91.3 Å². The van der Waals surface area contributed by atoms with Crippen molar-refractivity contribution >= 4 is 57.6 Å². The molecule has 0 aromatic heterocycles. The summed E-state index contributed by atoms with van der Waals surface area (Å²) >= 11 is 6.79. The number of aryl methyl sites for hydroxylation is 2. The Morgan fingerprint density at radius 3 is 2.38 bits per heavy atom. The summed E-state index contributed by atoms with van der Waals surface area (Å²) in [5, 5.41) is 18.7. The van der Waals surface area contributed by atoms with Crippen molar-refractivity contribution in [2.75, 3.05) is 4.90 Å². The number of hydrogen-bond acceptors (Lipinski definition) is 6. The first kappa shape index (κ1) is 21.8. The van der Waals surface area contributed by atoms with Crippen LogP contribution in [0.5, 0.6) is 5.75 Å². The van der Waals surface area contributed by atoms with E-state index >= 15 is 0 Å². The Bertz CT molecular complexity index is 1300. The van der Waals surface area contributed by atoms with Crippen LogP contribution in [0.2, 0.25) is 5.02 Å². The molecule has 8 heteroatoms. The number of azo groups is 1. The van der Waals surface area contributed by atoms with Crippen LogP contribution in [0.1, 0.15) is 16.7 Å². The van der Waals surface area contributed by atoms with Crippen LogP contribution in [0.4, 0.5) is 21.9 Å². The number of carbonyl (C=O) groups excluding carboxylic acids is 2. The number of rotatable bonds is 4. The lowest BCUT2D eigenvalue weighted by atomic mass is 10.1. The smallest absolute Gasteiger partial charge is 0.298 e. The average Bonchev–Trinajstić information content (AvgIpc) is 3.04. The number of hydrogen-bond donors (Lipinski definition) is 1. The largest absolute Gasteiger partial charge is 0.507 e. The number of benzene rings is 3. The Morgan fingerprint density at radius 2 is 1.66 bits per heavy atom. The predicted molar refractivity (Wildman–Crippen MR) is 128 cm³/mol. The number of thioether (sulfide) groups is 1. The molecule has 3 aromatic carbocycles. The van der Waals surface area contributed by atoms with Gasteiger partial charge in [-0.15, -0.1) is 0 Å². The molecular formula is C24H18ClN3O3S. The zero-order valence-corrected chi connectivity index (χ0v) is 18.8. The van der Waals surface area contributed by atoms with Crippen molar-refractivity contribution in [1.82, 2.24) is 0 Å². The minimum Gasteiger partial charge on any atom is -0.507 e. The Kier molecular flexibility index (Phi) is 6.12. The standard InChI is InChI=1S/C24H18ClN3O3S/c1-14-6-7-18(10-15(14)2)26-27-19-8-9-21(29)16(11-19)12-22-23(30)28(24(31)32-22)20-5-3-4-17(25)13-20/h3-13,29H,1-2H3/b22-12-,27-26?. The van der Waals surface area contributed by atoms with E-state index in [9.17, 15) is 14.7 Å². The van der Waals surface area contributed by atoms with Gasteiger partial charge in [-0.1, -0.05) is 23.7 Å². The summed E-state index contributed by atoms with van der Waals surface area (Å²) in [6.45, 7) is 4.03. The summed E-state index contributed by atoms with van der Waals surface area (Å²) in [6, 6.07) is 17.0. The van der Waals surface area contributed by atoms with Gasteiger partial charge in [0.15, 0.2) is 0 Å². The molecule has 160 valence electrons.